The zero-order chi connectivity index (χ0) is 63.0. The second-order valence-electron chi connectivity index (χ2n) is 22.3. The Morgan fingerprint density at radius 1 is 0.417 bits per heavy atom. The van der Waals surface area contributed by atoms with Gasteiger partial charge in [0.25, 0.3) is 0 Å². The third-order valence-corrected chi connectivity index (χ3v) is 13.3. The van der Waals surface area contributed by atoms with Crippen LogP contribution in [0.2, 0.25) is 0 Å². The van der Waals surface area contributed by atoms with Crippen molar-refractivity contribution < 1.29 is 33.6 Å². The van der Waals surface area contributed by atoms with Crippen molar-refractivity contribution in [2.24, 2.45) is 5.92 Å². The number of carbonyl (C=O) groups is 7. The highest BCUT2D eigenvalue weighted by Crippen LogP contribution is 2.23. The van der Waals surface area contributed by atoms with Crippen molar-refractivity contribution in [3.05, 3.63) is 249 Å². The van der Waals surface area contributed by atoms with Crippen molar-refractivity contribution >= 4 is 40.5 Å². The second kappa shape index (κ2) is 42.1. The molecule has 0 N–H and O–H groups in total. The smallest absolute Gasteiger partial charge is 0.162 e. The van der Waals surface area contributed by atoms with E-state index in [1.165, 1.54) is 41.5 Å². The van der Waals surface area contributed by atoms with Gasteiger partial charge in [0.1, 0.15) is 11.6 Å². The Hall–Kier alpha value is -7.77. The number of hydrogen-bond donors (Lipinski definition) is 0. The van der Waals surface area contributed by atoms with Gasteiger partial charge in [-0.1, -0.05) is 263 Å². The third-order valence-electron chi connectivity index (χ3n) is 13.3. The Bertz CT molecular complexity index is 2980. The first kappa shape index (κ1) is 74.2. The summed E-state index contributed by atoms with van der Waals surface area (Å²) in [5, 5.41) is 0. The normalized spacial score (nSPS) is 10.1. The minimum absolute atomic E-state index is 0.144. The van der Waals surface area contributed by atoms with Gasteiger partial charge in [-0.25, -0.2) is 0 Å². The lowest BCUT2D eigenvalue weighted by molar-refractivity contribution is -0.121. The van der Waals surface area contributed by atoms with Gasteiger partial charge in [-0.3, -0.25) is 28.8 Å². The van der Waals surface area contributed by atoms with Gasteiger partial charge in [0.05, 0.1) is 0 Å². The maximum atomic E-state index is 11.4. The van der Waals surface area contributed by atoms with E-state index in [4.69, 9.17) is 0 Å². The van der Waals surface area contributed by atoms with Crippen molar-refractivity contribution in [3.63, 3.8) is 0 Å². The molecule has 0 spiro atoms. The van der Waals surface area contributed by atoms with Crippen molar-refractivity contribution in [2.45, 2.75) is 180 Å². The minimum atomic E-state index is 0.144. The lowest BCUT2D eigenvalue weighted by atomic mass is 9.86. The van der Waals surface area contributed by atoms with Crippen molar-refractivity contribution in [3.8, 4) is 0 Å². The molecule has 0 saturated heterocycles. The molecule has 7 aromatic carbocycles. The van der Waals surface area contributed by atoms with Gasteiger partial charge in [-0.2, -0.15) is 0 Å². The summed E-state index contributed by atoms with van der Waals surface area (Å²) in [4.78, 5) is 77.8. The van der Waals surface area contributed by atoms with E-state index < -0.39 is 0 Å². The molecule has 0 bridgehead atoms. The molecule has 0 amide bonds. The first-order chi connectivity index (χ1) is 39.9. The summed E-state index contributed by atoms with van der Waals surface area (Å²) in [6.45, 7) is 29.2. The van der Waals surface area contributed by atoms with Crippen LogP contribution in [0.5, 0.6) is 0 Å². The van der Waals surface area contributed by atoms with Crippen LogP contribution in [-0.2, 0) is 34.3 Å². The summed E-state index contributed by atoms with van der Waals surface area (Å²) in [7, 11) is 0. The lowest BCUT2D eigenvalue weighted by Crippen LogP contribution is -2.11. The number of aryl methyl sites for hydroxylation is 5. The van der Waals surface area contributed by atoms with Gasteiger partial charge in [0.15, 0.2) is 28.9 Å². The molecule has 0 radical (unpaired) electrons. The van der Waals surface area contributed by atoms with E-state index in [1.54, 1.807) is 20.8 Å². The van der Waals surface area contributed by atoms with Crippen molar-refractivity contribution in [1.29, 1.82) is 0 Å². The molecule has 7 aromatic rings. The standard InChI is InChI=1S/2C13H18O.2C11H14O.2C10H12O.C9H10O/c1-5-12(14)10-6-8-11(9-7-10)13(2,3)4;1-3-4-5-6-12-7-9-13(10-8-12)11(2)14;1-7-5-8(2)11(10(4)12)9(3)6-7;1-9(2)11(12)8-10-6-4-3-5-7-10;1-9(11)7-8-10-5-3-2-4-6-10;1-2-6-10(11)9-7-4-3-5-8-9;1-2-9(10)8-6-4-3-5-7-8/h6-9H,5H2,1-4H3;7-10H,3-6H2,1-2H3;5-6H,1-4H3;3-7,9H,8H2,1-2H3;2-6H,7-8H2,1H3;3-5,7-8H,2,6H2,1H3;3-7H,2H2,1H3. The van der Waals surface area contributed by atoms with Gasteiger partial charge in [0, 0.05) is 65.8 Å². The Morgan fingerprint density at radius 2 is 0.821 bits per heavy atom. The zero-order valence-electron chi connectivity index (χ0n) is 53.5. The predicted octanol–water partition coefficient (Wildman–Crippen LogP) is 19.6. The molecule has 0 aromatic heterocycles. The minimum Gasteiger partial charge on any atom is -0.300 e. The fraction of sp³-hybridized carbons (Fsp3) is 0.364. The zero-order valence-corrected chi connectivity index (χ0v) is 53.5. The summed E-state index contributed by atoms with van der Waals surface area (Å²) < 4.78 is 0. The predicted molar refractivity (Wildman–Crippen MR) is 352 cm³/mol. The van der Waals surface area contributed by atoms with E-state index in [9.17, 15) is 33.6 Å². The molecular weight excluding hydrogens is 1040 g/mol. The highest BCUT2D eigenvalue weighted by atomic mass is 16.1. The van der Waals surface area contributed by atoms with E-state index in [-0.39, 0.29) is 46.0 Å². The number of rotatable bonds is 19. The van der Waals surface area contributed by atoms with Crippen LogP contribution in [0.15, 0.2) is 182 Å². The molecule has 0 aliphatic carbocycles. The quantitative estimate of drug-likeness (QED) is 0.0584. The van der Waals surface area contributed by atoms with Crippen LogP contribution < -0.4 is 0 Å². The van der Waals surface area contributed by atoms with Crippen LogP contribution in [0.3, 0.4) is 0 Å². The second-order valence-corrected chi connectivity index (χ2v) is 22.3. The first-order valence-electron chi connectivity index (χ1n) is 30.0. The molecule has 7 nitrogen and oxygen atoms in total. The molecule has 0 saturated carbocycles. The van der Waals surface area contributed by atoms with Gasteiger partial charge in [-0.15, -0.1) is 0 Å². The fourth-order valence-electron chi connectivity index (χ4n) is 8.37. The largest absolute Gasteiger partial charge is 0.300 e. The van der Waals surface area contributed by atoms with Gasteiger partial charge < -0.3 is 4.79 Å². The molecule has 0 atom stereocenters. The molecule has 0 heterocycles. The van der Waals surface area contributed by atoms with Crippen LogP contribution in [0, 0.1) is 26.7 Å². The number of hydrogen-bond acceptors (Lipinski definition) is 7. The average molecular weight is 1140 g/mol. The summed E-state index contributed by atoms with van der Waals surface area (Å²) >= 11 is 0. The number of Topliss-reactive ketones (excluding diaryl/α,β-unsaturated/α-hetero) is 7. The van der Waals surface area contributed by atoms with Gasteiger partial charge in [-0.05, 0) is 106 Å². The maximum absolute atomic E-state index is 11.4. The molecule has 0 unspecified atom stereocenters. The molecule has 84 heavy (non-hydrogen) atoms. The summed E-state index contributed by atoms with van der Waals surface area (Å²) in [6.07, 6.45) is 9.76. The van der Waals surface area contributed by atoms with E-state index >= 15 is 0 Å². The van der Waals surface area contributed by atoms with E-state index in [0.29, 0.717) is 37.9 Å². The molecule has 448 valence electrons. The highest BCUT2D eigenvalue weighted by molar-refractivity contribution is 5.98. The van der Waals surface area contributed by atoms with Crippen LogP contribution in [-0.4, -0.2) is 40.5 Å². The van der Waals surface area contributed by atoms with Crippen LogP contribution in [0.25, 0.3) is 0 Å². The van der Waals surface area contributed by atoms with Crippen molar-refractivity contribution in [1.82, 2.24) is 0 Å². The molecule has 7 heteroatoms. The van der Waals surface area contributed by atoms with E-state index in [1.807, 2.05) is 225 Å². The Kier molecular flexibility index (Phi) is 37.2. The number of ketones is 7. The summed E-state index contributed by atoms with van der Waals surface area (Å²) in [5.74, 6) is 1.68. The van der Waals surface area contributed by atoms with Crippen LogP contribution >= 0.6 is 0 Å². The molecule has 0 aliphatic heterocycles. The topological polar surface area (TPSA) is 119 Å². The number of unbranched alkanes of at least 4 members (excludes halogenated alkanes) is 2. The van der Waals surface area contributed by atoms with Crippen LogP contribution in [0.4, 0.5) is 0 Å². The fourth-order valence-corrected chi connectivity index (χ4v) is 8.37. The van der Waals surface area contributed by atoms with Gasteiger partial charge in [0.2, 0.25) is 0 Å². The van der Waals surface area contributed by atoms with E-state index in [0.717, 1.165) is 63.8 Å². The average Bonchev–Trinajstić information content (AvgIpc) is 3.69. The number of benzene rings is 7. The van der Waals surface area contributed by atoms with Crippen molar-refractivity contribution in [2.75, 3.05) is 0 Å². The van der Waals surface area contributed by atoms with Gasteiger partial charge >= 0.3 is 0 Å². The summed E-state index contributed by atoms with van der Waals surface area (Å²) in [5.41, 5.74) is 12.6. The monoisotopic (exact) mass is 1130 g/mol. The van der Waals surface area contributed by atoms with E-state index in [2.05, 4.69) is 39.8 Å². The molecular formula is C77H98O7. The Morgan fingerprint density at radius 3 is 1.20 bits per heavy atom. The third kappa shape index (κ3) is 32.2. The molecule has 0 fully saturated rings. The SMILES string of the molecule is CC(=O)CCc1ccccc1.CC(=O)c1c(C)cc(C)cc1C.CC(C)C(=O)Cc1ccccc1.CCC(=O)c1ccc(C(C)(C)C)cc1.CCC(=O)c1ccccc1.CCCC(=O)c1ccccc1.CCCCCc1ccc(C(C)=O)cc1. The number of carbonyl (C=O) groups excluding carboxylic acids is 7. The van der Waals surface area contributed by atoms with Crippen LogP contribution in [0.1, 0.15) is 225 Å². The molecule has 7 rings (SSSR count). The Balaban J connectivity index is 0.000000491. The maximum Gasteiger partial charge on any atom is 0.162 e. The summed E-state index contributed by atoms with van der Waals surface area (Å²) in [6, 6.07) is 58.7. The Labute approximate surface area is 506 Å². The first-order valence-corrected chi connectivity index (χ1v) is 30.0. The lowest BCUT2D eigenvalue weighted by Gasteiger charge is -2.18. The highest BCUT2D eigenvalue weighted by Gasteiger charge is 2.14. The molecule has 0 aliphatic rings.